The van der Waals surface area contributed by atoms with Gasteiger partial charge in [0.1, 0.15) is 0 Å². The average molecular weight is 342 g/mol. The van der Waals surface area contributed by atoms with E-state index in [1.807, 2.05) is 16.1 Å². The highest BCUT2D eigenvalue weighted by Gasteiger charge is 2.39. The highest BCUT2D eigenvalue weighted by atomic mass is 32.2. The number of hydrogen-bond acceptors (Lipinski definition) is 4. The maximum absolute atomic E-state index is 13.0. The van der Waals surface area contributed by atoms with Gasteiger partial charge < -0.3 is 14.7 Å². The third-order valence-corrected chi connectivity index (χ3v) is 5.88. The van der Waals surface area contributed by atoms with Gasteiger partial charge in [0.05, 0.1) is 0 Å². The molecule has 0 N–H and O–H groups in total. The molecule has 23 heavy (non-hydrogen) atoms. The van der Waals surface area contributed by atoms with Crippen LogP contribution >= 0.6 is 11.8 Å². The van der Waals surface area contributed by atoms with Crippen LogP contribution < -0.4 is 0 Å². The van der Waals surface area contributed by atoms with Crippen LogP contribution in [0.2, 0.25) is 0 Å². The lowest BCUT2D eigenvalue weighted by atomic mass is 9.79. The van der Waals surface area contributed by atoms with Crippen molar-refractivity contribution in [2.24, 2.45) is 5.41 Å². The van der Waals surface area contributed by atoms with E-state index in [1.165, 1.54) is 0 Å². The Morgan fingerprint density at radius 3 is 2.26 bits per heavy atom. The van der Waals surface area contributed by atoms with Gasteiger partial charge in [-0.2, -0.15) is 11.8 Å². The predicted molar refractivity (Wildman–Crippen MR) is 95.6 cm³/mol. The fraction of sp³-hybridized carbons (Fsp3) is 0.882. The van der Waals surface area contributed by atoms with Gasteiger partial charge >= 0.3 is 0 Å². The van der Waals surface area contributed by atoms with E-state index < -0.39 is 0 Å². The third-order valence-electron chi connectivity index (χ3n) is 5.26. The molecule has 0 aromatic heterocycles. The molecule has 2 saturated heterocycles. The summed E-state index contributed by atoms with van der Waals surface area (Å²) in [5.74, 6) is 1.41. The van der Waals surface area contributed by atoms with Crippen LogP contribution in [0.15, 0.2) is 0 Å². The van der Waals surface area contributed by atoms with Gasteiger partial charge in [-0.1, -0.05) is 6.92 Å². The topological polar surface area (TPSA) is 43.9 Å². The van der Waals surface area contributed by atoms with E-state index in [0.29, 0.717) is 25.4 Å². The highest BCUT2D eigenvalue weighted by Crippen LogP contribution is 2.32. The summed E-state index contributed by atoms with van der Waals surface area (Å²) in [5.41, 5.74) is -0.218. The van der Waals surface area contributed by atoms with Gasteiger partial charge in [-0.05, 0) is 45.7 Å². The number of carbonyl (C=O) groups is 2. The van der Waals surface area contributed by atoms with Gasteiger partial charge in [0.2, 0.25) is 11.8 Å². The molecule has 2 rings (SSSR count). The van der Waals surface area contributed by atoms with E-state index >= 15 is 0 Å². The van der Waals surface area contributed by atoms with Gasteiger partial charge in [0, 0.05) is 43.8 Å². The van der Waals surface area contributed by atoms with Crippen molar-refractivity contribution >= 4 is 23.6 Å². The van der Waals surface area contributed by atoms with Crippen LogP contribution in [-0.4, -0.2) is 84.8 Å². The zero-order valence-electron chi connectivity index (χ0n) is 14.8. The largest absolute Gasteiger partial charge is 0.341 e. The number of carbonyl (C=O) groups excluding carboxylic acids is 2. The molecule has 0 bridgehead atoms. The van der Waals surface area contributed by atoms with Crippen molar-refractivity contribution in [2.45, 2.75) is 32.6 Å². The minimum absolute atomic E-state index is 0.218. The van der Waals surface area contributed by atoms with E-state index in [4.69, 9.17) is 0 Å². The van der Waals surface area contributed by atoms with Crippen molar-refractivity contribution in [1.29, 1.82) is 0 Å². The molecule has 2 fully saturated rings. The average Bonchev–Trinajstić information content (AvgIpc) is 2.81. The summed E-state index contributed by atoms with van der Waals surface area (Å²) in [6.07, 6.45) is 5.41. The number of rotatable bonds is 4. The maximum atomic E-state index is 13.0. The molecule has 132 valence electrons. The van der Waals surface area contributed by atoms with Gasteiger partial charge in [0.15, 0.2) is 0 Å². The first-order chi connectivity index (χ1) is 11.0. The van der Waals surface area contributed by atoms with Crippen LogP contribution in [0.5, 0.6) is 0 Å². The van der Waals surface area contributed by atoms with E-state index in [-0.39, 0.29) is 11.3 Å². The highest BCUT2D eigenvalue weighted by molar-refractivity contribution is 7.98. The van der Waals surface area contributed by atoms with Crippen LogP contribution in [0, 0.1) is 5.41 Å². The number of piperidine rings is 1. The molecule has 0 radical (unpaired) electrons. The van der Waals surface area contributed by atoms with Crippen LogP contribution in [0.4, 0.5) is 0 Å². The third kappa shape index (κ3) is 4.86. The second-order valence-corrected chi connectivity index (χ2v) is 8.12. The minimum Gasteiger partial charge on any atom is -0.341 e. The van der Waals surface area contributed by atoms with Crippen molar-refractivity contribution in [3.8, 4) is 0 Å². The molecule has 2 aliphatic heterocycles. The molecular formula is C17H31N3O2S. The molecular weight excluding hydrogens is 310 g/mol. The molecule has 6 heteroatoms. The van der Waals surface area contributed by atoms with Crippen molar-refractivity contribution in [3.63, 3.8) is 0 Å². The zero-order valence-corrected chi connectivity index (χ0v) is 15.7. The molecule has 0 unspecified atom stereocenters. The molecule has 0 aliphatic carbocycles. The first-order valence-corrected chi connectivity index (χ1v) is 10.1. The van der Waals surface area contributed by atoms with E-state index in [0.717, 1.165) is 51.2 Å². The molecule has 0 aromatic rings. The Balaban J connectivity index is 1.89. The first kappa shape index (κ1) is 18.6. The Morgan fingerprint density at radius 1 is 1.00 bits per heavy atom. The summed E-state index contributed by atoms with van der Waals surface area (Å²) >= 11 is 1.71. The van der Waals surface area contributed by atoms with Gasteiger partial charge in [-0.15, -0.1) is 0 Å². The van der Waals surface area contributed by atoms with Crippen LogP contribution in [0.1, 0.15) is 32.6 Å². The van der Waals surface area contributed by atoms with Crippen molar-refractivity contribution in [2.75, 3.05) is 58.3 Å². The van der Waals surface area contributed by atoms with Crippen molar-refractivity contribution in [1.82, 2.24) is 14.7 Å². The molecule has 2 amide bonds. The minimum atomic E-state index is -0.218. The summed E-state index contributed by atoms with van der Waals surface area (Å²) in [4.78, 5) is 31.4. The van der Waals surface area contributed by atoms with Crippen LogP contribution in [0.3, 0.4) is 0 Å². The van der Waals surface area contributed by atoms with Crippen molar-refractivity contribution in [3.05, 3.63) is 0 Å². The number of likely N-dealkylation sites (tertiary alicyclic amines) is 1. The lowest BCUT2D eigenvalue weighted by molar-refractivity contribution is -0.144. The van der Waals surface area contributed by atoms with E-state index in [2.05, 4.69) is 18.9 Å². The molecule has 0 spiro atoms. The van der Waals surface area contributed by atoms with E-state index in [9.17, 15) is 9.59 Å². The fourth-order valence-corrected chi connectivity index (χ4v) is 3.80. The second kappa shape index (κ2) is 8.38. The summed E-state index contributed by atoms with van der Waals surface area (Å²) < 4.78 is 0. The number of nitrogens with zero attached hydrogens (tertiary/aromatic N) is 3. The Morgan fingerprint density at radius 2 is 1.61 bits per heavy atom. The van der Waals surface area contributed by atoms with Crippen LogP contribution in [-0.2, 0) is 9.59 Å². The lowest BCUT2D eigenvalue weighted by Gasteiger charge is -2.39. The molecule has 0 atom stereocenters. The maximum Gasteiger partial charge on any atom is 0.228 e. The van der Waals surface area contributed by atoms with Gasteiger partial charge in [0.25, 0.3) is 0 Å². The normalized spacial score (nSPS) is 22.7. The summed E-state index contributed by atoms with van der Waals surface area (Å²) in [6, 6.07) is 0. The Bertz CT molecular complexity index is 422. The monoisotopic (exact) mass is 341 g/mol. The van der Waals surface area contributed by atoms with Gasteiger partial charge in [-0.3, -0.25) is 9.59 Å². The predicted octanol–water partition coefficient (Wildman–Crippen LogP) is 1.53. The molecule has 5 nitrogen and oxygen atoms in total. The number of amides is 2. The summed E-state index contributed by atoms with van der Waals surface area (Å²) in [5, 5.41) is 0. The Kier molecular flexibility index (Phi) is 6.77. The standard InChI is InChI=1S/C17H31N3O2S/c1-17(6-10-18(2)11-7-17)16(22)20-9-4-8-19(12-13-20)15(21)5-14-23-3/h4-14H2,1-3H3. The summed E-state index contributed by atoms with van der Waals surface area (Å²) in [7, 11) is 2.12. The smallest absolute Gasteiger partial charge is 0.228 e. The van der Waals surface area contributed by atoms with E-state index in [1.54, 1.807) is 11.8 Å². The number of hydrogen-bond donors (Lipinski definition) is 0. The van der Waals surface area contributed by atoms with Gasteiger partial charge in [-0.25, -0.2) is 0 Å². The summed E-state index contributed by atoms with van der Waals surface area (Å²) in [6.45, 7) is 7.07. The quantitative estimate of drug-likeness (QED) is 0.778. The molecule has 0 aromatic carbocycles. The molecule has 2 heterocycles. The number of thioether (sulfide) groups is 1. The SMILES string of the molecule is CSCCC(=O)N1CCCN(C(=O)C2(C)CCN(C)CC2)CC1. The molecule has 0 saturated carbocycles. The lowest BCUT2D eigenvalue weighted by Crippen LogP contribution is -2.49. The van der Waals surface area contributed by atoms with Crippen LogP contribution in [0.25, 0.3) is 0 Å². The molecule has 2 aliphatic rings. The Labute approximate surface area is 144 Å². The Hall–Kier alpha value is -0.750. The van der Waals surface area contributed by atoms with Crippen molar-refractivity contribution < 1.29 is 9.59 Å². The first-order valence-electron chi connectivity index (χ1n) is 8.71. The zero-order chi connectivity index (χ0) is 16.9. The fourth-order valence-electron chi connectivity index (χ4n) is 3.43. The second-order valence-electron chi connectivity index (χ2n) is 7.13.